The van der Waals surface area contributed by atoms with Crippen molar-refractivity contribution in [2.24, 2.45) is 0 Å². The standard InChI is InChI=1S/C26H25N3O6/c1-34-20-6-3-5-19(15-20)23(30)21-22(17-7-9-18(10-8-17)26(33)35-2)29(25(32)24(21)31)13-4-12-28-14-11-27-16-28/h3,5-11,14-16,22,30H,4,12-13H2,1-2H3/t22-/m0/s1. The zero-order chi connectivity index (χ0) is 24.9. The number of imidazole rings is 1. The first-order valence-corrected chi connectivity index (χ1v) is 11.0. The number of likely N-dealkylation sites (tertiary alicyclic amines) is 1. The van der Waals surface area contributed by atoms with Gasteiger partial charge in [0, 0.05) is 31.0 Å². The first-order valence-electron chi connectivity index (χ1n) is 11.0. The van der Waals surface area contributed by atoms with Crippen molar-refractivity contribution in [1.29, 1.82) is 0 Å². The van der Waals surface area contributed by atoms with Crippen molar-refractivity contribution in [2.45, 2.75) is 19.0 Å². The molecule has 1 saturated heterocycles. The number of nitrogens with zero attached hydrogens (tertiary/aromatic N) is 3. The summed E-state index contributed by atoms with van der Waals surface area (Å²) in [5.74, 6) is -1.75. The summed E-state index contributed by atoms with van der Waals surface area (Å²) in [5, 5.41) is 11.2. The van der Waals surface area contributed by atoms with Gasteiger partial charge in [0.25, 0.3) is 11.7 Å². The van der Waals surface area contributed by atoms with Crippen LogP contribution in [0.2, 0.25) is 0 Å². The number of benzene rings is 2. The van der Waals surface area contributed by atoms with Gasteiger partial charge in [-0.2, -0.15) is 0 Å². The summed E-state index contributed by atoms with van der Waals surface area (Å²) < 4.78 is 11.9. The number of esters is 1. The van der Waals surface area contributed by atoms with E-state index < -0.39 is 23.7 Å². The Kier molecular flexibility index (Phi) is 6.96. The van der Waals surface area contributed by atoms with Gasteiger partial charge in [-0.1, -0.05) is 24.3 Å². The molecule has 4 rings (SSSR count). The van der Waals surface area contributed by atoms with Gasteiger partial charge in [0.1, 0.15) is 11.5 Å². The van der Waals surface area contributed by atoms with E-state index in [1.165, 1.54) is 19.1 Å². The molecule has 1 N–H and O–H groups in total. The smallest absolute Gasteiger partial charge is 0.337 e. The summed E-state index contributed by atoms with van der Waals surface area (Å²) in [7, 11) is 2.79. The van der Waals surface area contributed by atoms with E-state index in [1.54, 1.807) is 61.1 Å². The van der Waals surface area contributed by atoms with Gasteiger partial charge in [0.05, 0.1) is 37.7 Å². The molecule has 1 fully saturated rings. The number of ketones is 1. The van der Waals surface area contributed by atoms with Crippen LogP contribution in [0.25, 0.3) is 5.76 Å². The van der Waals surface area contributed by atoms with E-state index in [0.29, 0.717) is 35.4 Å². The minimum Gasteiger partial charge on any atom is -0.507 e. The molecule has 2 aromatic carbocycles. The number of carbonyl (C=O) groups excluding carboxylic acids is 3. The summed E-state index contributed by atoms with van der Waals surface area (Å²) in [6, 6.07) is 12.3. The van der Waals surface area contributed by atoms with Crippen LogP contribution in [0.3, 0.4) is 0 Å². The van der Waals surface area contributed by atoms with Crippen molar-refractivity contribution in [1.82, 2.24) is 14.5 Å². The molecule has 2 heterocycles. The van der Waals surface area contributed by atoms with Gasteiger partial charge >= 0.3 is 5.97 Å². The molecule has 180 valence electrons. The van der Waals surface area contributed by atoms with Crippen LogP contribution in [0.1, 0.15) is 33.9 Å². The first kappa shape index (κ1) is 23.7. The third kappa shape index (κ3) is 4.79. The van der Waals surface area contributed by atoms with Crippen LogP contribution in [-0.2, 0) is 20.9 Å². The van der Waals surface area contributed by atoms with Crippen LogP contribution in [0.15, 0.2) is 72.8 Å². The highest BCUT2D eigenvalue weighted by molar-refractivity contribution is 6.46. The average molecular weight is 476 g/mol. The molecule has 0 bridgehead atoms. The maximum absolute atomic E-state index is 13.2. The number of aromatic nitrogens is 2. The molecule has 9 nitrogen and oxygen atoms in total. The molecule has 35 heavy (non-hydrogen) atoms. The molecule has 0 spiro atoms. The monoisotopic (exact) mass is 475 g/mol. The van der Waals surface area contributed by atoms with Crippen LogP contribution in [0, 0.1) is 0 Å². The Morgan fingerprint density at radius 1 is 1.06 bits per heavy atom. The van der Waals surface area contributed by atoms with Gasteiger partial charge in [-0.15, -0.1) is 0 Å². The summed E-state index contributed by atoms with van der Waals surface area (Å²) in [6.45, 7) is 0.883. The van der Waals surface area contributed by atoms with E-state index >= 15 is 0 Å². The molecular weight excluding hydrogens is 450 g/mol. The molecule has 9 heteroatoms. The molecular formula is C26H25N3O6. The Balaban J connectivity index is 1.74. The van der Waals surface area contributed by atoms with Gasteiger partial charge in [-0.3, -0.25) is 9.59 Å². The minimum atomic E-state index is -0.823. The van der Waals surface area contributed by atoms with Crippen LogP contribution in [-0.4, -0.2) is 58.0 Å². The van der Waals surface area contributed by atoms with Crippen molar-refractivity contribution in [3.05, 3.63) is 89.5 Å². The van der Waals surface area contributed by atoms with Crippen LogP contribution < -0.4 is 4.74 Å². The maximum atomic E-state index is 13.2. The van der Waals surface area contributed by atoms with Crippen molar-refractivity contribution in [3.63, 3.8) is 0 Å². The molecule has 1 atom stereocenters. The average Bonchev–Trinajstić information content (AvgIpc) is 3.50. The third-order valence-corrected chi connectivity index (χ3v) is 5.91. The number of hydrogen-bond acceptors (Lipinski definition) is 7. The van der Waals surface area contributed by atoms with Crippen LogP contribution in [0.4, 0.5) is 0 Å². The largest absolute Gasteiger partial charge is 0.507 e. The van der Waals surface area contributed by atoms with Gasteiger partial charge < -0.3 is 24.0 Å². The molecule has 1 aliphatic heterocycles. The number of aliphatic hydroxyl groups is 1. The van der Waals surface area contributed by atoms with Crippen LogP contribution in [0.5, 0.6) is 5.75 Å². The predicted molar refractivity (Wildman–Crippen MR) is 127 cm³/mol. The molecule has 0 radical (unpaired) electrons. The van der Waals surface area contributed by atoms with Gasteiger partial charge in [-0.25, -0.2) is 9.78 Å². The second-order valence-electron chi connectivity index (χ2n) is 7.99. The quantitative estimate of drug-likeness (QED) is 0.231. The lowest BCUT2D eigenvalue weighted by Crippen LogP contribution is -2.31. The number of amides is 1. The highest BCUT2D eigenvalue weighted by Gasteiger charge is 2.45. The van der Waals surface area contributed by atoms with Gasteiger partial charge in [0.2, 0.25) is 0 Å². The topological polar surface area (TPSA) is 111 Å². The maximum Gasteiger partial charge on any atom is 0.337 e. The fraction of sp³-hybridized carbons (Fsp3) is 0.231. The summed E-state index contributed by atoms with van der Waals surface area (Å²) in [4.78, 5) is 43.6. The molecule has 0 saturated carbocycles. The lowest BCUT2D eigenvalue weighted by Gasteiger charge is -2.25. The second kappa shape index (κ2) is 10.3. The minimum absolute atomic E-state index is 0.0169. The van der Waals surface area contributed by atoms with Crippen molar-refractivity contribution < 1.29 is 29.0 Å². The Bertz CT molecular complexity index is 1260. The number of methoxy groups -OCH3 is 2. The lowest BCUT2D eigenvalue weighted by atomic mass is 9.94. The van der Waals surface area contributed by atoms with E-state index in [-0.39, 0.29) is 17.9 Å². The number of Topliss-reactive ketones (excluding diaryl/α,β-unsaturated/α-hetero) is 1. The van der Waals surface area contributed by atoms with E-state index in [9.17, 15) is 19.5 Å². The number of rotatable bonds is 8. The number of aryl methyl sites for hydroxylation is 1. The summed E-state index contributed by atoms with van der Waals surface area (Å²) >= 11 is 0. The zero-order valence-corrected chi connectivity index (χ0v) is 19.4. The zero-order valence-electron chi connectivity index (χ0n) is 19.4. The van der Waals surface area contributed by atoms with E-state index in [1.807, 2.05) is 10.8 Å². The Labute approximate surface area is 202 Å². The molecule has 0 unspecified atom stereocenters. The first-order chi connectivity index (χ1) is 16.9. The Hall–Kier alpha value is -4.40. The number of carbonyl (C=O) groups is 3. The van der Waals surface area contributed by atoms with E-state index in [2.05, 4.69) is 4.98 Å². The van der Waals surface area contributed by atoms with Gasteiger partial charge in [0.15, 0.2) is 0 Å². The molecule has 1 aromatic heterocycles. The van der Waals surface area contributed by atoms with Crippen molar-refractivity contribution in [3.8, 4) is 5.75 Å². The SMILES string of the molecule is COC(=O)c1ccc([C@H]2C(=C(O)c3cccc(OC)c3)C(=O)C(=O)N2CCCn2ccnc2)cc1. The molecule has 1 amide bonds. The highest BCUT2D eigenvalue weighted by atomic mass is 16.5. The number of aliphatic hydroxyl groups excluding tert-OH is 1. The Morgan fingerprint density at radius 3 is 2.49 bits per heavy atom. The summed E-state index contributed by atoms with van der Waals surface area (Å²) in [5.41, 5.74) is 1.26. The molecule has 0 aliphatic carbocycles. The van der Waals surface area contributed by atoms with Gasteiger partial charge in [-0.05, 0) is 36.2 Å². The van der Waals surface area contributed by atoms with Crippen molar-refractivity contribution >= 4 is 23.4 Å². The fourth-order valence-electron chi connectivity index (χ4n) is 4.15. The second-order valence-corrected chi connectivity index (χ2v) is 7.99. The van der Waals surface area contributed by atoms with Crippen LogP contribution >= 0.6 is 0 Å². The number of hydrogen-bond donors (Lipinski definition) is 1. The number of ether oxygens (including phenoxy) is 2. The van der Waals surface area contributed by atoms with E-state index in [0.717, 1.165) is 0 Å². The predicted octanol–water partition coefficient (Wildman–Crippen LogP) is 3.19. The molecule has 3 aromatic rings. The van der Waals surface area contributed by atoms with E-state index in [4.69, 9.17) is 9.47 Å². The fourth-order valence-corrected chi connectivity index (χ4v) is 4.15. The Morgan fingerprint density at radius 2 is 1.83 bits per heavy atom. The third-order valence-electron chi connectivity index (χ3n) is 5.91. The molecule has 1 aliphatic rings. The van der Waals surface area contributed by atoms with Crippen molar-refractivity contribution in [2.75, 3.05) is 20.8 Å². The summed E-state index contributed by atoms with van der Waals surface area (Å²) in [6.07, 6.45) is 5.74. The highest BCUT2D eigenvalue weighted by Crippen LogP contribution is 2.40. The lowest BCUT2D eigenvalue weighted by molar-refractivity contribution is -0.139. The normalized spacial score (nSPS) is 17.0.